The third kappa shape index (κ3) is 4.73. The lowest BCUT2D eigenvalue weighted by molar-refractivity contribution is -0.154. The molecule has 1 amide bonds. The van der Waals surface area contributed by atoms with Gasteiger partial charge in [0.15, 0.2) is 0 Å². The summed E-state index contributed by atoms with van der Waals surface area (Å²) < 4.78 is 10.8. The molecule has 2 aliphatic heterocycles. The average molecular weight is 515 g/mol. The number of anilines is 2. The number of nitrogens with zero attached hydrogens (tertiary/aromatic N) is 4. The molecule has 10 heteroatoms. The van der Waals surface area contributed by atoms with E-state index in [-0.39, 0.29) is 18.9 Å². The van der Waals surface area contributed by atoms with Crippen molar-refractivity contribution in [2.75, 3.05) is 49.1 Å². The summed E-state index contributed by atoms with van der Waals surface area (Å²) in [5, 5.41) is 12.1. The molecule has 2 aliphatic rings. The van der Waals surface area contributed by atoms with Gasteiger partial charge in [0.25, 0.3) is 0 Å². The maximum absolute atomic E-state index is 12.5. The van der Waals surface area contributed by atoms with Crippen LogP contribution >= 0.6 is 23.1 Å². The molecule has 3 aromatic rings. The van der Waals surface area contributed by atoms with Gasteiger partial charge in [-0.25, -0.2) is 4.79 Å². The number of aliphatic hydroxyl groups is 1. The zero-order chi connectivity index (χ0) is 24.5. The Morgan fingerprint density at radius 1 is 1.23 bits per heavy atom. The van der Waals surface area contributed by atoms with Crippen LogP contribution in [0.2, 0.25) is 5.02 Å². The van der Waals surface area contributed by atoms with Crippen LogP contribution in [-0.2, 0) is 27.2 Å². The summed E-state index contributed by atoms with van der Waals surface area (Å²) in [6, 6.07) is 11.9. The van der Waals surface area contributed by atoms with E-state index in [1.165, 1.54) is 10.1 Å². The number of fused-ring (bicyclic) bond motifs is 2. The number of amides is 1. The van der Waals surface area contributed by atoms with E-state index in [9.17, 15) is 14.7 Å². The standard InChI is InChI=1S/C25H27ClN4O4S/c1-2-34-25(33)24(32)30-20-15-19(26)16(13-17(20)14-22(30)31)7-8-28-9-11-29(12-10-28)23-18-5-3-4-6-21(18)35-27-23/h3-6,13,15,24,32H,2,7-12,14H2,1H3. The molecule has 35 heavy (non-hydrogen) atoms. The molecule has 1 unspecified atom stereocenters. The summed E-state index contributed by atoms with van der Waals surface area (Å²) in [5.74, 6) is -0.121. The number of piperazine rings is 1. The number of carbonyl (C=O) groups is 2. The normalized spacial score (nSPS) is 17.2. The van der Waals surface area contributed by atoms with E-state index >= 15 is 0 Å². The molecule has 0 aliphatic carbocycles. The molecule has 184 valence electrons. The fourth-order valence-corrected chi connectivity index (χ4v) is 5.80. The predicted octanol–water partition coefficient (Wildman–Crippen LogP) is 3.09. The number of benzene rings is 2. The minimum atomic E-state index is -1.67. The molecule has 2 aromatic carbocycles. The monoisotopic (exact) mass is 514 g/mol. The second-order valence-electron chi connectivity index (χ2n) is 8.72. The maximum Gasteiger partial charge on any atom is 0.356 e. The molecule has 1 aromatic heterocycles. The number of ether oxygens (including phenoxy) is 1. The molecule has 0 radical (unpaired) electrons. The van der Waals surface area contributed by atoms with Crippen molar-refractivity contribution in [1.29, 1.82) is 0 Å². The number of aliphatic hydroxyl groups excluding tert-OH is 1. The first-order chi connectivity index (χ1) is 17.0. The van der Waals surface area contributed by atoms with Crippen LogP contribution in [0.4, 0.5) is 11.5 Å². The number of halogens is 1. The van der Waals surface area contributed by atoms with Crippen LogP contribution in [0.3, 0.4) is 0 Å². The smallest absolute Gasteiger partial charge is 0.356 e. The van der Waals surface area contributed by atoms with Crippen molar-refractivity contribution >= 4 is 56.6 Å². The SMILES string of the molecule is CCOC(=O)C(O)N1C(=O)Cc2cc(CCN3CCN(c4nsc5ccccc45)CC3)c(Cl)cc21. The Labute approximate surface area is 212 Å². The molecule has 1 saturated heterocycles. The highest BCUT2D eigenvalue weighted by molar-refractivity contribution is 7.13. The van der Waals surface area contributed by atoms with E-state index in [0.29, 0.717) is 10.7 Å². The van der Waals surface area contributed by atoms with Crippen molar-refractivity contribution in [2.45, 2.75) is 26.0 Å². The molecule has 1 fully saturated rings. The number of aromatic nitrogens is 1. The summed E-state index contributed by atoms with van der Waals surface area (Å²) >= 11 is 8.11. The summed E-state index contributed by atoms with van der Waals surface area (Å²) in [6.07, 6.45) is -0.798. The van der Waals surface area contributed by atoms with Gasteiger partial charge in [0.2, 0.25) is 12.1 Å². The van der Waals surface area contributed by atoms with Gasteiger partial charge >= 0.3 is 5.97 Å². The van der Waals surface area contributed by atoms with Gasteiger partial charge in [0.1, 0.15) is 5.82 Å². The molecular weight excluding hydrogens is 488 g/mol. The number of esters is 1. The van der Waals surface area contributed by atoms with E-state index in [1.54, 1.807) is 24.5 Å². The first kappa shape index (κ1) is 24.0. The van der Waals surface area contributed by atoms with Crippen LogP contribution < -0.4 is 9.80 Å². The third-order valence-electron chi connectivity index (χ3n) is 6.59. The van der Waals surface area contributed by atoms with E-state index in [2.05, 4.69) is 32.4 Å². The molecular formula is C25H27ClN4O4S. The fraction of sp³-hybridized carbons (Fsp3) is 0.400. The molecule has 5 rings (SSSR count). The highest BCUT2D eigenvalue weighted by Gasteiger charge is 2.37. The summed E-state index contributed by atoms with van der Waals surface area (Å²) in [7, 11) is 0. The Hall–Kier alpha value is -2.72. The summed E-state index contributed by atoms with van der Waals surface area (Å²) in [4.78, 5) is 30.3. The van der Waals surface area contributed by atoms with E-state index in [4.69, 9.17) is 16.3 Å². The van der Waals surface area contributed by atoms with Crippen molar-refractivity contribution in [3.63, 3.8) is 0 Å². The van der Waals surface area contributed by atoms with Crippen LogP contribution in [0, 0.1) is 0 Å². The van der Waals surface area contributed by atoms with E-state index in [0.717, 1.165) is 61.0 Å². The van der Waals surface area contributed by atoms with Gasteiger partial charge in [-0.15, -0.1) is 0 Å². The molecule has 1 atom stereocenters. The van der Waals surface area contributed by atoms with Crippen LogP contribution in [0.1, 0.15) is 18.1 Å². The zero-order valence-corrected chi connectivity index (χ0v) is 21.0. The van der Waals surface area contributed by atoms with Gasteiger partial charge in [0.05, 0.1) is 23.4 Å². The highest BCUT2D eigenvalue weighted by Crippen LogP contribution is 2.35. The van der Waals surface area contributed by atoms with Crippen LogP contribution in [0.25, 0.3) is 10.1 Å². The predicted molar refractivity (Wildman–Crippen MR) is 137 cm³/mol. The Bertz CT molecular complexity index is 1260. The Balaban J connectivity index is 1.21. The lowest BCUT2D eigenvalue weighted by Crippen LogP contribution is -2.47. The molecule has 0 bridgehead atoms. The van der Waals surface area contributed by atoms with Crippen molar-refractivity contribution in [3.8, 4) is 0 Å². The zero-order valence-electron chi connectivity index (χ0n) is 19.4. The van der Waals surface area contributed by atoms with Gasteiger partial charge in [-0.1, -0.05) is 29.8 Å². The van der Waals surface area contributed by atoms with Crippen molar-refractivity contribution in [2.24, 2.45) is 0 Å². The first-order valence-electron chi connectivity index (χ1n) is 11.8. The summed E-state index contributed by atoms with van der Waals surface area (Å²) in [5.41, 5.74) is 2.19. The van der Waals surface area contributed by atoms with Gasteiger partial charge in [-0.3, -0.25) is 14.6 Å². The minimum Gasteiger partial charge on any atom is -0.463 e. The average Bonchev–Trinajstić information content (AvgIpc) is 3.43. The van der Waals surface area contributed by atoms with Gasteiger partial charge in [-0.05, 0) is 54.2 Å². The Morgan fingerprint density at radius 3 is 2.77 bits per heavy atom. The molecule has 0 spiro atoms. The van der Waals surface area contributed by atoms with Crippen molar-refractivity contribution < 1.29 is 19.4 Å². The fourth-order valence-electron chi connectivity index (χ4n) is 4.75. The molecule has 8 nitrogen and oxygen atoms in total. The minimum absolute atomic E-state index is 0.121. The second kappa shape index (κ2) is 10.1. The number of rotatable bonds is 7. The van der Waals surface area contributed by atoms with Crippen LogP contribution in [-0.4, -0.2) is 71.8 Å². The highest BCUT2D eigenvalue weighted by atomic mass is 35.5. The Kier molecular flexibility index (Phi) is 6.93. The summed E-state index contributed by atoms with van der Waals surface area (Å²) in [6.45, 7) is 6.33. The topological polar surface area (TPSA) is 86.2 Å². The van der Waals surface area contributed by atoms with E-state index in [1.807, 2.05) is 12.1 Å². The Morgan fingerprint density at radius 2 is 2.00 bits per heavy atom. The number of carbonyl (C=O) groups excluding carboxylic acids is 2. The lowest BCUT2D eigenvalue weighted by Gasteiger charge is -2.35. The van der Waals surface area contributed by atoms with Crippen LogP contribution in [0.15, 0.2) is 36.4 Å². The number of hydrogen-bond donors (Lipinski definition) is 1. The van der Waals surface area contributed by atoms with Gasteiger partial charge < -0.3 is 14.7 Å². The third-order valence-corrected chi connectivity index (χ3v) is 7.76. The van der Waals surface area contributed by atoms with Gasteiger partial charge in [-0.2, -0.15) is 4.37 Å². The first-order valence-corrected chi connectivity index (χ1v) is 12.9. The van der Waals surface area contributed by atoms with E-state index < -0.39 is 12.2 Å². The number of hydrogen-bond acceptors (Lipinski definition) is 8. The molecule has 1 N–H and O–H groups in total. The van der Waals surface area contributed by atoms with Crippen molar-refractivity contribution in [3.05, 3.63) is 52.5 Å². The second-order valence-corrected chi connectivity index (χ2v) is 9.93. The van der Waals surface area contributed by atoms with Crippen LogP contribution in [0.5, 0.6) is 0 Å². The largest absolute Gasteiger partial charge is 0.463 e. The quantitative estimate of drug-likeness (QED) is 0.485. The lowest BCUT2D eigenvalue weighted by atomic mass is 10.1. The van der Waals surface area contributed by atoms with Gasteiger partial charge in [0, 0.05) is 43.1 Å². The maximum atomic E-state index is 12.5. The molecule has 0 saturated carbocycles. The molecule has 3 heterocycles. The van der Waals surface area contributed by atoms with Crippen molar-refractivity contribution in [1.82, 2.24) is 9.27 Å².